The van der Waals surface area contributed by atoms with Gasteiger partial charge in [-0.3, -0.25) is 9.89 Å². The fourth-order valence-corrected chi connectivity index (χ4v) is 4.02. The van der Waals surface area contributed by atoms with Crippen molar-refractivity contribution in [3.63, 3.8) is 0 Å². The minimum atomic E-state index is 0.290. The van der Waals surface area contributed by atoms with Crippen LogP contribution in [0.2, 0.25) is 0 Å². The van der Waals surface area contributed by atoms with E-state index >= 15 is 0 Å². The highest BCUT2D eigenvalue weighted by molar-refractivity contribution is 5.80. The smallest absolute Gasteiger partial charge is 0.191 e. The van der Waals surface area contributed by atoms with Gasteiger partial charge in [-0.2, -0.15) is 5.10 Å². The van der Waals surface area contributed by atoms with Crippen LogP contribution in [0.5, 0.6) is 0 Å². The van der Waals surface area contributed by atoms with Gasteiger partial charge in [0.25, 0.3) is 0 Å². The van der Waals surface area contributed by atoms with Crippen LogP contribution in [0.15, 0.2) is 4.99 Å². The first-order chi connectivity index (χ1) is 14.1. The lowest BCUT2D eigenvalue weighted by Gasteiger charge is -2.36. The number of hydrogen-bond acceptors (Lipinski definition) is 6. The van der Waals surface area contributed by atoms with Gasteiger partial charge in [-0.15, -0.1) is 0 Å². The monoisotopic (exact) mass is 407 g/mol. The Kier molecular flexibility index (Phi) is 8.26. The van der Waals surface area contributed by atoms with Gasteiger partial charge in [-0.25, -0.2) is 9.67 Å². The van der Waals surface area contributed by atoms with E-state index in [0.717, 1.165) is 76.4 Å². The Morgan fingerprint density at radius 2 is 2.14 bits per heavy atom. The van der Waals surface area contributed by atoms with Crippen LogP contribution in [0.4, 0.5) is 0 Å². The molecule has 1 aromatic rings. The van der Waals surface area contributed by atoms with E-state index in [9.17, 15) is 0 Å². The molecule has 1 saturated heterocycles. The molecule has 0 aliphatic carbocycles. The van der Waals surface area contributed by atoms with Gasteiger partial charge in [0.15, 0.2) is 11.8 Å². The summed E-state index contributed by atoms with van der Waals surface area (Å²) in [7, 11) is 1.67. The van der Waals surface area contributed by atoms with Gasteiger partial charge >= 0.3 is 0 Å². The number of nitrogens with zero attached hydrogens (tertiary/aromatic N) is 5. The topological polar surface area (TPSA) is 88.8 Å². The van der Waals surface area contributed by atoms with Crippen LogP contribution < -0.4 is 10.6 Å². The molecule has 0 amide bonds. The van der Waals surface area contributed by atoms with Crippen LogP contribution in [0, 0.1) is 5.92 Å². The Morgan fingerprint density at radius 1 is 1.34 bits per heavy atom. The summed E-state index contributed by atoms with van der Waals surface area (Å²) in [5.74, 6) is 3.24. The Hall–Kier alpha value is -1.71. The van der Waals surface area contributed by atoms with Crippen molar-refractivity contribution in [2.24, 2.45) is 10.9 Å². The van der Waals surface area contributed by atoms with E-state index in [1.54, 1.807) is 7.11 Å². The Balaban J connectivity index is 1.61. The quantitative estimate of drug-likeness (QED) is 0.483. The Labute approximate surface area is 174 Å². The zero-order chi connectivity index (χ0) is 20.6. The number of rotatable bonds is 8. The molecule has 9 nitrogen and oxygen atoms in total. The average molecular weight is 408 g/mol. The second-order valence-electron chi connectivity index (χ2n) is 8.12. The van der Waals surface area contributed by atoms with Crippen LogP contribution in [0.3, 0.4) is 0 Å². The van der Waals surface area contributed by atoms with Crippen molar-refractivity contribution in [2.75, 3.05) is 46.5 Å². The molecule has 2 N–H and O–H groups in total. The first kappa shape index (κ1) is 22.0. The number of aromatic nitrogens is 3. The van der Waals surface area contributed by atoms with Gasteiger partial charge in [-0.05, 0) is 19.3 Å². The largest absolute Gasteiger partial charge is 0.379 e. The van der Waals surface area contributed by atoms with Crippen LogP contribution in [0.1, 0.15) is 38.8 Å². The van der Waals surface area contributed by atoms with Crippen molar-refractivity contribution < 1.29 is 9.47 Å². The van der Waals surface area contributed by atoms with Crippen molar-refractivity contribution >= 4 is 5.96 Å². The molecular weight excluding hydrogens is 370 g/mol. The van der Waals surface area contributed by atoms with E-state index in [4.69, 9.17) is 14.5 Å². The Bertz CT molecular complexity index is 655. The summed E-state index contributed by atoms with van der Waals surface area (Å²) in [6.45, 7) is 13.2. The molecule has 0 bridgehead atoms. The first-order valence-corrected chi connectivity index (χ1v) is 10.9. The predicted molar refractivity (Wildman–Crippen MR) is 113 cm³/mol. The lowest BCUT2D eigenvalue weighted by molar-refractivity contribution is 0.00867. The van der Waals surface area contributed by atoms with Gasteiger partial charge in [0.05, 0.1) is 26.3 Å². The maximum absolute atomic E-state index is 5.52. The van der Waals surface area contributed by atoms with Crippen molar-refractivity contribution in [1.82, 2.24) is 30.3 Å². The van der Waals surface area contributed by atoms with Gasteiger partial charge in [0.2, 0.25) is 0 Å². The molecule has 2 aliphatic rings. The molecule has 1 aromatic heterocycles. The number of aliphatic imine (C=N–C) groups is 1. The second kappa shape index (κ2) is 10.9. The third kappa shape index (κ3) is 6.13. The zero-order valence-corrected chi connectivity index (χ0v) is 18.4. The highest BCUT2D eigenvalue weighted by Crippen LogP contribution is 2.15. The number of aryl methyl sites for hydroxylation is 1. The maximum atomic E-state index is 5.52. The minimum absolute atomic E-state index is 0.290. The van der Waals surface area contributed by atoms with Crippen molar-refractivity contribution in [2.45, 2.75) is 58.8 Å². The normalized spacial score (nSPS) is 21.8. The lowest BCUT2D eigenvalue weighted by atomic mass is 10.0. The second-order valence-corrected chi connectivity index (χ2v) is 8.12. The van der Waals surface area contributed by atoms with Crippen LogP contribution in [0.25, 0.3) is 0 Å². The standard InChI is InChI=1S/C20H37N7O2/c1-5-21-20(22-12-17(15(2)3)26-8-10-29-11-9-26)23-16-6-7-19-24-18(14-28-4)25-27(19)13-16/h15-17H,5-14H2,1-4H3,(H2,21,22,23). The zero-order valence-electron chi connectivity index (χ0n) is 18.4. The van der Waals surface area contributed by atoms with Crippen LogP contribution in [-0.2, 0) is 29.0 Å². The third-order valence-corrected chi connectivity index (χ3v) is 5.58. The van der Waals surface area contributed by atoms with Gasteiger partial charge in [0, 0.05) is 45.2 Å². The number of nitrogens with one attached hydrogen (secondary N) is 2. The summed E-state index contributed by atoms with van der Waals surface area (Å²) in [4.78, 5) is 12.0. The van der Waals surface area contributed by atoms with Crippen LogP contribution in [-0.4, -0.2) is 84.2 Å². The number of ether oxygens (including phenoxy) is 2. The summed E-state index contributed by atoms with van der Waals surface area (Å²) in [5, 5.41) is 11.6. The van der Waals surface area contributed by atoms with Crippen LogP contribution >= 0.6 is 0 Å². The van der Waals surface area contributed by atoms with Gasteiger partial charge in [-0.1, -0.05) is 13.8 Å². The molecule has 164 valence electrons. The fraction of sp³-hybridized carbons (Fsp3) is 0.850. The highest BCUT2D eigenvalue weighted by atomic mass is 16.5. The summed E-state index contributed by atoms with van der Waals surface area (Å²) in [6, 6.07) is 0.720. The molecule has 2 atom stereocenters. The number of fused-ring (bicyclic) bond motifs is 1. The molecule has 0 spiro atoms. The van der Waals surface area contributed by atoms with E-state index in [1.165, 1.54) is 0 Å². The molecule has 0 radical (unpaired) electrons. The van der Waals surface area contributed by atoms with Gasteiger partial charge in [0.1, 0.15) is 12.4 Å². The number of methoxy groups -OCH3 is 1. The molecule has 2 aliphatic heterocycles. The van der Waals surface area contributed by atoms with E-state index in [2.05, 4.69) is 46.4 Å². The summed E-state index contributed by atoms with van der Waals surface area (Å²) < 4.78 is 12.7. The Morgan fingerprint density at radius 3 is 2.83 bits per heavy atom. The van der Waals surface area contributed by atoms with E-state index in [-0.39, 0.29) is 0 Å². The number of morpholine rings is 1. The highest BCUT2D eigenvalue weighted by Gasteiger charge is 2.25. The SMILES string of the molecule is CCNC(=NCC(C(C)C)N1CCOCC1)NC1CCc2nc(COC)nn2C1. The molecular formula is C20H37N7O2. The molecule has 2 unspecified atom stereocenters. The van der Waals surface area contributed by atoms with E-state index < -0.39 is 0 Å². The summed E-state index contributed by atoms with van der Waals surface area (Å²) >= 11 is 0. The fourth-order valence-electron chi connectivity index (χ4n) is 4.02. The summed E-state index contributed by atoms with van der Waals surface area (Å²) in [5.41, 5.74) is 0. The van der Waals surface area contributed by atoms with Crippen molar-refractivity contribution in [3.8, 4) is 0 Å². The third-order valence-electron chi connectivity index (χ3n) is 5.58. The minimum Gasteiger partial charge on any atom is -0.379 e. The first-order valence-electron chi connectivity index (χ1n) is 10.9. The van der Waals surface area contributed by atoms with Crippen molar-refractivity contribution in [1.29, 1.82) is 0 Å². The molecule has 9 heteroatoms. The molecule has 29 heavy (non-hydrogen) atoms. The number of hydrogen-bond donors (Lipinski definition) is 2. The number of guanidine groups is 1. The molecule has 0 saturated carbocycles. The van der Waals surface area contributed by atoms with Crippen molar-refractivity contribution in [3.05, 3.63) is 11.6 Å². The van der Waals surface area contributed by atoms with Gasteiger partial charge < -0.3 is 20.1 Å². The maximum Gasteiger partial charge on any atom is 0.191 e. The molecule has 1 fully saturated rings. The molecule has 3 rings (SSSR count). The summed E-state index contributed by atoms with van der Waals surface area (Å²) in [6.07, 6.45) is 1.93. The van der Waals surface area contributed by atoms with E-state index in [1.807, 2.05) is 4.68 Å². The molecule has 0 aromatic carbocycles. The predicted octanol–water partition coefficient (Wildman–Crippen LogP) is 0.651. The molecule has 3 heterocycles. The lowest BCUT2D eigenvalue weighted by Crippen LogP contribution is -2.49. The average Bonchev–Trinajstić information content (AvgIpc) is 3.11. The van der Waals surface area contributed by atoms with E-state index in [0.29, 0.717) is 24.6 Å².